The van der Waals surface area contributed by atoms with Gasteiger partial charge in [0.1, 0.15) is 11.6 Å². The maximum atomic E-state index is 10.3. The molecule has 0 radical (unpaired) electrons. The predicted molar refractivity (Wildman–Crippen MR) is 90.3 cm³/mol. The summed E-state index contributed by atoms with van der Waals surface area (Å²) < 4.78 is 1.74. The van der Waals surface area contributed by atoms with Crippen LogP contribution in [0.4, 0.5) is 5.82 Å². The van der Waals surface area contributed by atoms with Crippen molar-refractivity contribution in [2.24, 2.45) is 7.05 Å². The van der Waals surface area contributed by atoms with Crippen molar-refractivity contribution in [3.63, 3.8) is 0 Å². The van der Waals surface area contributed by atoms with E-state index >= 15 is 0 Å². The van der Waals surface area contributed by atoms with Gasteiger partial charge < -0.3 is 10.4 Å². The Hall–Kier alpha value is -2.47. The molecule has 23 heavy (non-hydrogen) atoms. The van der Waals surface area contributed by atoms with Crippen molar-refractivity contribution in [3.05, 3.63) is 47.9 Å². The van der Waals surface area contributed by atoms with E-state index in [1.165, 1.54) is 0 Å². The summed E-state index contributed by atoms with van der Waals surface area (Å²) in [6, 6.07) is 9.58. The number of hydrogen-bond donors (Lipinski definition) is 2. The molecule has 0 bridgehead atoms. The number of nitrogens with zero attached hydrogens (tertiary/aromatic N) is 4. The molecule has 0 spiro atoms. The number of aliphatic hydroxyl groups excluding tert-OH is 1. The summed E-state index contributed by atoms with van der Waals surface area (Å²) in [5.74, 6) is 1.69. The molecular weight excluding hydrogens is 290 g/mol. The molecule has 0 fully saturated rings. The number of rotatable bonds is 5. The van der Waals surface area contributed by atoms with Gasteiger partial charge in [-0.3, -0.25) is 4.68 Å². The van der Waals surface area contributed by atoms with Gasteiger partial charge in [-0.15, -0.1) is 0 Å². The monoisotopic (exact) mass is 311 g/mol. The minimum atomic E-state index is -0.597. The van der Waals surface area contributed by atoms with Crippen molar-refractivity contribution in [1.82, 2.24) is 19.7 Å². The molecule has 0 aliphatic rings. The Bertz CT molecular complexity index is 797. The molecule has 2 heterocycles. The highest BCUT2D eigenvalue weighted by Crippen LogP contribution is 2.23. The van der Waals surface area contributed by atoms with E-state index in [9.17, 15) is 5.11 Å². The van der Waals surface area contributed by atoms with E-state index in [0.717, 1.165) is 22.4 Å². The van der Waals surface area contributed by atoms with E-state index < -0.39 is 6.10 Å². The Morgan fingerprint density at radius 2 is 1.91 bits per heavy atom. The van der Waals surface area contributed by atoms with Gasteiger partial charge in [-0.05, 0) is 5.56 Å². The number of anilines is 1. The second-order valence-electron chi connectivity index (χ2n) is 5.90. The van der Waals surface area contributed by atoms with E-state index in [0.29, 0.717) is 12.4 Å². The van der Waals surface area contributed by atoms with Crippen molar-refractivity contribution < 1.29 is 5.11 Å². The molecule has 2 aromatic heterocycles. The number of aromatic nitrogens is 4. The summed E-state index contributed by atoms with van der Waals surface area (Å²) >= 11 is 0. The average Bonchev–Trinajstić information content (AvgIpc) is 2.94. The fraction of sp³-hybridized carbons (Fsp3) is 0.353. The van der Waals surface area contributed by atoms with Gasteiger partial charge in [0.05, 0.1) is 17.7 Å². The van der Waals surface area contributed by atoms with Crippen molar-refractivity contribution in [2.45, 2.75) is 25.9 Å². The predicted octanol–water partition coefficient (Wildman–Crippen LogP) is 2.63. The van der Waals surface area contributed by atoms with Crippen LogP contribution in [-0.2, 0) is 7.05 Å². The molecule has 3 aromatic rings. The fourth-order valence-electron chi connectivity index (χ4n) is 2.42. The largest absolute Gasteiger partial charge is 0.387 e. The van der Waals surface area contributed by atoms with Gasteiger partial charge in [0.25, 0.3) is 0 Å². The zero-order chi connectivity index (χ0) is 16.4. The number of aliphatic hydroxyl groups is 1. The van der Waals surface area contributed by atoms with Crippen molar-refractivity contribution in [2.75, 3.05) is 11.9 Å². The molecule has 0 saturated carbocycles. The molecule has 0 unspecified atom stereocenters. The fourth-order valence-corrected chi connectivity index (χ4v) is 2.42. The third-order valence-corrected chi connectivity index (χ3v) is 3.77. The normalized spacial score (nSPS) is 12.7. The Morgan fingerprint density at radius 1 is 1.17 bits per heavy atom. The van der Waals surface area contributed by atoms with Crippen LogP contribution in [0.5, 0.6) is 0 Å². The topological polar surface area (TPSA) is 75.9 Å². The van der Waals surface area contributed by atoms with Gasteiger partial charge in [-0.2, -0.15) is 5.10 Å². The Morgan fingerprint density at radius 3 is 2.61 bits per heavy atom. The molecule has 1 aromatic carbocycles. The minimum absolute atomic E-state index is 0.217. The maximum absolute atomic E-state index is 10.3. The highest BCUT2D eigenvalue weighted by Gasteiger charge is 2.15. The van der Waals surface area contributed by atoms with Crippen molar-refractivity contribution in [3.8, 4) is 0 Å². The number of nitrogens with one attached hydrogen (secondary N) is 1. The lowest BCUT2D eigenvalue weighted by molar-refractivity contribution is 0.191. The summed E-state index contributed by atoms with van der Waals surface area (Å²) in [6.45, 7) is 4.49. The second kappa shape index (κ2) is 6.34. The Balaban J connectivity index is 1.87. The zero-order valence-electron chi connectivity index (χ0n) is 13.6. The molecule has 0 aliphatic carbocycles. The number of fused-ring (bicyclic) bond motifs is 1. The number of benzene rings is 1. The average molecular weight is 311 g/mol. The highest BCUT2D eigenvalue weighted by molar-refractivity contribution is 5.86. The van der Waals surface area contributed by atoms with Crippen LogP contribution >= 0.6 is 0 Å². The van der Waals surface area contributed by atoms with Crippen LogP contribution in [0.25, 0.3) is 11.0 Å². The Labute approximate surface area is 135 Å². The summed E-state index contributed by atoms with van der Waals surface area (Å²) in [7, 11) is 1.86. The summed E-state index contributed by atoms with van der Waals surface area (Å²) in [5, 5.41) is 18.7. The third kappa shape index (κ3) is 3.17. The Kier molecular flexibility index (Phi) is 4.25. The van der Waals surface area contributed by atoms with E-state index in [-0.39, 0.29) is 5.92 Å². The van der Waals surface area contributed by atoms with Gasteiger partial charge in [0.15, 0.2) is 5.65 Å². The second-order valence-corrected chi connectivity index (χ2v) is 5.90. The molecule has 0 amide bonds. The van der Waals surface area contributed by atoms with Crippen molar-refractivity contribution >= 4 is 16.9 Å². The maximum Gasteiger partial charge on any atom is 0.163 e. The first-order valence-electron chi connectivity index (χ1n) is 7.72. The number of hydrogen-bond acceptors (Lipinski definition) is 5. The van der Waals surface area contributed by atoms with E-state index in [4.69, 9.17) is 0 Å². The molecular formula is C17H21N5O. The van der Waals surface area contributed by atoms with E-state index in [1.807, 2.05) is 37.4 Å². The van der Waals surface area contributed by atoms with E-state index in [1.54, 1.807) is 10.9 Å². The molecule has 0 aliphatic heterocycles. The van der Waals surface area contributed by atoms with Crippen LogP contribution in [0.1, 0.15) is 37.3 Å². The lowest BCUT2D eigenvalue weighted by Gasteiger charge is -2.14. The molecule has 2 N–H and O–H groups in total. The van der Waals surface area contributed by atoms with Crippen LogP contribution < -0.4 is 5.32 Å². The first kappa shape index (κ1) is 15.4. The molecule has 3 rings (SSSR count). The van der Waals surface area contributed by atoms with Crippen LogP contribution in [0.2, 0.25) is 0 Å². The van der Waals surface area contributed by atoms with Crippen LogP contribution in [0.15, 0.2) is 36.5 Å². The van der Waals surface area contributed by atoms with Gasteiger partial charge in [-0.25, -0.2) is 9.97 Å². The molecule has 1 atom stereocenters. The summed E-state index contributed by atoms with van der Waals surface area (Å²) in [5.41, 5.74) is 1.67. The zero-order valence-corrected chi connectivity index (χ0v) is 13.6. The quantitative estimate of drug-likeness (QED) is 0.757. The smallest absolute Gasteiger partial charge is 0.163 e. The van der Waals surface area contributed by atoms with Crippen molar-refractivity contribution in [1.29, 1.82) is 0 Å². The van der Waals surface area contributed by atoms with Crippen LogP contribution in [0, 0.1) is 0 Å². The summed E-state index contributed by atoms with van der Waals surface area (Å²) in [4.78, 5) is 9.16. The van der Waals surface area contributed by atoms with Gasteiger partial charge in [0.2, 0.25) is 0 Å². The summed E-state index contributed by atoms with van der Waals surface area (Å²) in [6.07, 6.45) is 1.15. The first-order chi connectivity index (χ1) is 11.1. The molecule has 0 saturated heterocycles. The highest BCUT2D eigenvalue weighted by atomic mass is 16.3. The third-order valence-electron chi connectivity index (χ3n) is 3.77. The first-order valence-corrected chi connectivity index (χ1v) is 7.72. The lowest BCUT2D eigenvalue weighted by atomic mass is 10.1. The minimum Gasteiger partial charge on any atom is -0.387 e. The van der Waals surface area contributed by atoms with Gasteiger partial charge >= 0.3 is 0 Å². The lowest BCUT2D eigenvalue weighted by Crippen LogP contribution is -2.14. The van der Waals surface area contributed by atoms with Crippen LogP contribution in [0.3, 0.4) is 0 Å². The van der Waals surface area contributed by atoms with Gasteiger partial charge in [0, 0.05) is 19.5 Å². The standard InChI is InChI=1S/C17H21N5O/c1-11(2)15-20-16(13-9-19-22(3)17(13)21-15)18-10-14(23)12-7-5-4-6-8-12/h4-9,11,14,23H,10H2,1-3H3,(H,18,20,21)/t14-/m1/s1. The molecule has 120 valence electrons. The number of aryl methyl sites for hydroxylation is 1. The van der Waals surface area contributed by atoms with Crippen LogP contribution in [-0.4, -0.2) is 31.4 Å². The molecule has 6 heteroatoms. The van der Waals surface area contributed by atoms with E-state index in [2.05, 4.69) is 34.2 Å². The van der Waals surface area contributed by atoms with Gasteiger partial charge in [-0.1, -0.05) is 44.2 Å². The molecule has 6 nitrogen and oxygen atoms in total. The SMILES string of the molecule is CC(C)c1nc(NC[C@@H](O)c2ccccc2)c2cnn(C)c2n1.